The van der Waals surface area contributed by atoms with Crippen molar-refractivity contribution in [3.63, 3.8) is 0 Å². The van der Waals surface area contributed by atoms with Crippen LogP contribution in [0.15, 0.2) is 16.1 Å². The summed E-state index contributed by atoms with van der Waals surface area (Å²) < 4.78 is 0. The van der Waals surface area contributed by atoms with Gasteiger partial charge in [-0.3, -0.25) is 0 Å². The monoisotopic (exact) mass is 230 g/mol. The zero-order valence-electron chi connectivity index (χ0n) is 10.2. The van der Waals surface area contributed by atoms with Gasteiger partial charge in [-0.2, -0.15) is 9.98 Å². The van der Waals surface area contributed by atoms with Gasteiger partial charge < -0.3 is 0 Å². The highest BCUT2D eigenvalue weighted by Crippen LogP contribution is 2.35. The summed E-state index contributed by atoms with van der Waals surface area (Å²) in [7, 11) is 0. The molecule has 0 spiro atoms. The van der Waals surface area contributed by atoms with Gasteiger partial charge in [-0.1, -0.05) is 19.9 Å². The molecule has 0 aliphatic heterocycles. The standard InChI is InChI=1S/C13H14N2O2/c1-4-10-6-11(5-2)13(15-8-17)9(3)12(10)14-7-16/h6H,4-5H2,1-3H3. The van der Waals surface area contributed by atoms with Crippen LogP contribution in [0, 0.1) is 6.92 Å². The predicted octanol–water partition coefficient (Wildman–Crippen LogP) is 3.05. The van der Waals surface area contributed by atoms with E-state index in [-0.39, 0.29) is 0 Å². The highest BCUT2D eigenvalue weighted by molar-refractivity contribution is 5.71. The van der Waals surface area contributed by atoms with Crippen molar-refractivity contribution in [1.82, 2.24) is 0 Å². The fourth-order valence-corrected chi connectivity index (χ4v) is 1.88. The first-order chi connectivity index (χ1) is 8.19. The van der Waals surface area contributed by atoms with E-state index in [1.807, 2.05) is 19.9 Å². The molecule has 1 aromatic rings. The number of benzene rings is 1. The molecule has 0 aromatic heterocycles. The van der Waals surface area contributed by atoms with Crippen molar-refractivity contribution in [2.24, 2.45) is 9.98 Å². The Balaban J connectivity index is 3.66. The number of nitrogens with zero attached hydrogens (tertiary/aromatic N) is 2. The maximum Gasteiger partial charge on any atom is 0.240 e. The molecule has 0 saturated heterocycles. The van der Waals surface area contributed by atoms with Crippen LogP contribution in [0.1, 0.15) is 30.5 Å². The van der Waals surface area contributed by atoms with Crippen molar-refractivity contribution in [2.75, 3.05) is 0 Å². The largest absolute Gasteiger partial charge is 0.240 e. The molecule has 0 fully saturated rings. The van der Waals surface area contributed by atoms with E-state index in [9.17, 15) is 9.59 Å². The summed E-state index contributed by atoms with van der Waals surface area (Å²) in [5.74, 6) is 0. The molecule has 4 nitrogen and oxygen atoms in total. The lowest BCUT2D eigenvalue weighted by atomic mass is 9.98. The van der Waals surface area contributed by atoms with Crippen molar-refractivity contribution in [3.8, 4) is 0 Å². The summed E-state index contributed by atoms with van der Waals surface area (Å²) in [5.41, 5.74) is 3.79. The van der Waals surface area contributed by atoms with Crippen LogP contribution in [0.3, 0.4) is 0 Å². The van der Waals surface area contributed by atoms with Crippen LogP contribution in [-0.2, 0) is 22.4 Å². The van der Waals surface area contributed by atoms with Crippen LogP contribution in [0.4, 0.5) is 11.4 Å². The molecule has 0 aliphatic rings. The summed E-state index contributed by atoms with van der Waals surface area (Å²) in [4.78, 5) is 28.2. The van der Waals surface area contributed by atoms with Crippen LogP contribution in [0.2, 0.25) is 0 Å². The third kappa shape index (κ3) is 2.56. The molecule has 0 amide bonds. The fraction of sp³-hybridized carbons (Fsp3) is 0.385. The SMILES string of the molecule is CCc1cc(CC)c(N=C=O)c(C)c1N=C=O. The Morgan fingerprint density at radius 2 is 1.41 bits per heavy atom. The summed E-state index contributed by atoms with van der Waals surface area (Å²) in [6, 6.07) is 1.93. The first kappa shape index (κ1) is 13.0. The van der Waals surface area contributed by atoms with Crippen LogP contribution in [0.25, 0.3) is 0 Å². The Labute approximate surface area is 100 Å². The minimum atomic E-state index is 0.564. The molecule has 0 atom stereocenters. The Hall–Kier alpha value is -2.02. The number of aliphatic imine (C=N–C) groups is 2. The molecule has 0 radical (unpaired) electrons. The number of hydrogen-bond donors (Lipinski definition) is 0. The fourth-order valence-electron chi connectivity index (χ4n) is 1.88. The maximum absolute atomic E-state index is 10.4. The third-order valence-corrected chi connectivity index (χ3v) is 2.74. The van der Waals surface area contributed by atoms with E-state index < -0.39 is 0 Å². The van der Waals surface area contributed by atoms with Gasteiger partial charge in [-0.05, 0) is 30.9 Å². The van der Waals surface area contributed by atoms with Gasteiger partial charge in [0.05, 0.1) is 11.4 Å². The van der Waals surface area contributed by atoms with Gasteiger partial charge in [0, 0.05) is 5.56 Å². The molecule has 0 aliphatic carbocycles. The predicted molar refractivity (Wildman–Crippen MR) is 65.5 cm³/mol. The van der Waals surface area contributed by atoms with E-state index in [2.05, 4.69) is 9.98 Å². The highest BCUT2D eigenvalue weighted by Gasteiger charge is 2.13. The lowest BCUT2D eigenvalue weighted by Gasteiger charge is -2.12. The van der Waals surface area contributed by atoms with Crippen molar-refractivity contribution < 1.29 is 9.59 Å². The van der Waals surface area contributed by atoms with Crippen molar-refractivity contribution in [1.29, 1.82) is 0 Å². The molecule has 1 rings (SSSR count). The zero-order chi connectivity index (χ0) is 12.8. The number of isocyanates is 2. The van der Waals surface area contributed by atoms with Crippen molar-refractivity contribution >= 4 is 23.5 Å². The molecular formula is C13H14N2O2. The molecular weight excluding hydrogens is 216 g/mol. The minimum absolute atomic E-state index is 0.564. The summed E-state index contributed by atoms with van der Waals surface area (Å²) in [6.07, 6.45) is 4.61. The van der Waals surface area contributed by atoms with Crippen LogP contribution >= 0.6 is 0 Å². The average Bonchev–Trinajstić information content (AvgIpc) is 2.34. The topological polar surface area (TPSA) is 58.9 Å². The number of carbonyl (C=O) groups excluding carboxylic acids is 2. The molecule has 0 saturated carbocycles. The van der Waals surface area contributed by atoms with Crippen molar-refractivity contribution in [3.05, 3.63) is 22.8 Å². The number of hydrogen-bond acceptors (Lipinski definition) is 4. The van der Waals surface area contributed by atoms with E-state index in [0.717, 1.165) is 29.5 Å². The van der Waals surface area contributed by atoms with E-state index in [4.69, 9.17) is 0 Å². The Morgan fingerprint density at radius 3 is 1.71 bits per heavy atom. The van der Waals surface area contributed by atoms with E-state index in [0.29, 0.717) is 11.4 Å². The summed E-state index contributed by atoms with van der Waals surface area (Å²) in [5, 5.41) is 0. The first-order valence-corrected chi connectivity index (χ1v) is 5.50. The quantitative estimate of drug-likeness (QED) is 0.589. The molecule has 17 heavy (non-hydrogen) atoms. The summed E-state index contributed by atoms with van der Waals surface area (Å²) in [6.45, 7) is 5.77. The maximum atomic E-state index is 10.4. The number of rotatable bonds is 4. The van der Waals surface area contributed by atoms with Gasteiger partial charge >= 0.3 is 0 Å². The smallest absolute Gasteiger partial charge is 0.211 e. The molecule has 4 heteroatoms. The Bertz CT molecular complexity index is 478. The average molecular weight is 230 g/mol. The van der Waals surface area contributed by atoms with E-state index >= 15 is 0 Å². The lowest BCUT2D eigenvalue weighted by Crippen LogP contribution is -1.92. The molecule has 88 valence electrons. The lowest BCUT2D eigenvalue weighted by molar-refractivity contribution is 0.564. The molecule has 0 heterocycles. The zero-order valence-corrected chi connectivity index (χ0v) is 10.2. The minimum Gasteiger partial charge on any atom is -0.211 e. The molecule has 0 bridgehead atoms. The van der Waals surface area contributed by atoms with E-state index in [1.54, 1.807) is 19.1 Å². The second-order valence-electron chi connectivity index (χ2n) is 3.63. The van der Waals surface area contributed by atoms with Gasteiger partial charge in [-0.15, -0.1) is 0 Å². The highest BCUT2D eigenvalue weighted by atomic mass is 16.1. The Morgan fingerprint density at radius 1 is 1.00 bits per heavy atom. The van der Waals surface area contributed by atoms with Gasteiger partial charge in [0.15, 0.2) is 0 Å². The van der Waals surface area contributed by atoms with Crippen LogP contribution in [0.5, 0.6) is 0 Å². The van der Waals surface area contributed by atoms with Crippen LogP contribution in [-0.4, -0.2) is 12.2 Å². The van der Waals surface area contributed by atoms with Gasteiger partial charge in [0.25, 0.3) is 0 Å². The first-order valence-electron chi connectivity index (χ1n) is 5.50. The second kappa shape index (κ2) is 5.90. The van der Waals surface area contributed by atoms with E-state index in [1.165, 1.54) is 0 Å². The Kier molecular flexibility index (Phi) is 4.53. The van der Waals surface area contributed by atoms with Crippen molar-refractivity contribution in [2.45, 2.75) is 33.6 Å². The molecule has 1 aromatic carbocycles. The molecule has 0 unspecified atom stereocenters. The third-order valence-electron chi connectivity index (χ3n) is 2.74. The summed E-state index contributed by atoms with van der Waals surface area (Å²) >= 11 is 0. The molecule has 0 N–H and O–H groups in total. The number of aryl methyl sites for hydroxylation is 2. The van der Waals surface area contributed by atoms with Gasteiger partial charge in [0.1, 0.15) is 0 Å². The normalized spacial score (nSPS) is 9.35. The van der Waals surface area contributed by atoms with Gasteiger partial charge in [-0.25, -0.2) is 9.59 Å². The van der Waals surface area contributed by atoms with Gasteiger partial charge in [0.2, 0.25) is 12.2 Å². The van der Waals surface area contributed by atoms with Crippen LogP contribution < -0.4 is 0 Å². The second-order valence-corrected chi connectivity index (χ2v) is 3.63.